The summed E-state index contributed by atoms with van der Waals surface area (Å²) in [5, 5.41) is 8.71. The van der Waals surface area contributed by atoms with Gasteiger partial charge in [-0.2, -0.15) is 0 Å². The molecule has 0 aliphatic rings. The molecule has 3 heteroatoms. The van der Waals surface area contributed by atoms with E-state index in [-0.39, 0.29) is 18.6 Å². The molecule has 0 saturated heterocycles. The van der Waals surface area contributed by atoms with Gasteiger partial charge < -0.3 is 10.0 Å². The molecule has 12 heavy (non-hydrogen) atoms. The molecule has 0 saturated carbocycles. The third-order valence-electron chi connectivity index (χ3n) is 1.75. The second kappa shape index (κ2) is 6.00. The molecule has 1 N–H and O–H groups in total. The molecule has 3 nitrogen and oxygen atoms in total. The standard InChI is InChI=1S/C9H19NO2/c1-4-5-9(12)10(6-7-11)8(2)3/h8,11H,4-7H2,1-3H3. The largest absolute Gasteiger partial charge is 0.395 e. The minimum atomic E-state index is 0.0492. The lowest BCUT2D eigenvalue weighted by Crippen LogP contribution is -2.38. The van der Waals surface area contributed by atoms with Gasteiger partial charge in [-0.3, -0.25) is 4.79 Å². The zero-order valence-corrected chi connectivity index (χ0v) is 8.21. The highest BCUT2D eigenvalue weighted by molar-refractivity contribution is 5.76. The van der Waals surface area contributed by atoms with Crippen LogP contribution < -0.4 is 0 Å². The molecule has 0 radical (unpaired) electrons. The highest BCUT2D eigenvalue weighted by Gasteiger charge is 2.14. The Labute approximate surface area is 74.4 Å². The van der Waals surface area contributed by atoms with Crippen LogP contribution in [0, 0.1) is 0 Å². The van der Waals surface area contributed by atoms with Crippen molar-refractivity contribution in [2.75, 3.05) is 13.2 Å². The average Bonchev–Trinajstić information content (AvgIpc) is 1.99. The predicted molar refractivity (Wildman–Crippen MR) is 48.8 cm³/mol. The van der Waals surface area contributed by atoms with E-state index >= 15 is 0 Å². The number of carbonyl (C=O) groups is 1. The fourth-order valence-corrected chi connectivity index (χ4v) is 1.14. The molecular weight excluding hydrogens is 154 g/mol. The van der Waals surface area contributed by atoms with Crippen LogP contribution in [0.4, 0.5) is 0 Å². The van der Waals surface area contributed by atoms with E-state index in [1.165, 1.54) is 0 Å². The van der Waals surface area contributed by atoms with Crippen LogP contribution in [0.25, 0.3) is 0 Å². The second-order valence-electron chi connectivity index (χ2n) is 3.15. The summed E-state index contributed by atoms with van der Waals surface area (Å²) in [5.74, 6) is 0.140. The smallest absolute Gasteiger partial charge is 0.222 e. The number of carbonyl (C=O) groups excluding carboxylic acids is 1. The number of hydrogen-bond donors (Lipinski definition) is 1. The Bertz CT molecular complexity index is 134. The quantitative estimate of drug-likeness (QED) is 0.674. The average molecular weight is 173 g/mol. The van der Waals surface area contributed by atoms with Gasteiger partial charge in [0.2, 0.25) is 5.91 Å². The van der Waals surface area contributed by atoms with Crippen molar-refractivity contribution in [1.29, 1.82) is 0 Å². The summed E-state index contributed by atoms with van der Waals surface area (Å²) >= 11 is 0. The molecule has 0 aliphatic carbocycles. The molecule has 0 aromatic rings. The fourth-order valence-electron chi connectivity index (χ4n) is 1.14. The van der Waals surface area contributed by atoms with E-state index in [1.807, 2.05) is 20.8 Å². The number of aliphatic hydroxyl groups excluding tert-OH is 1. The zero-order chi connectivity index (χ0) is 9.56. The summed E-state index contributed by atoms with van der Waals surface area (Å²) in [4.78, 5) is 13.1. The summed E-state index contributed by atoms with van der Waals surface area (Å²) in [6.07, 6.45) is 1.45. The Kier molecular flexibility index (Phi) is 5.72. The molecule has 0 unspecified atom stereocenters. The molecule has 0 aromatic heterocycles. The predicted octanol–water partition coefficient (Wildman–Crippen LogP) is 1.02. The first-order chi connectivity index (χ1) is 5.63. The zero-order valence-electron chi connectivity index (χ0n) is 8.21. The van der Waals surface area contributed by atoms with E-state index in [9.17, 15) is 4.79 Å². The van der Waals surface area contributed by atoms with E-state index in [4.69, 9.17) is 5.11 Å². The van der Waals surface area contributed by atoms with E-state index in [1.54, 1.807) is 4.90 Å². The summed E-state index contributed by atoms with van der Waals surface area (Å²) < 4.78 is 0. The second-order valence-corrected chi connectivity index (χ2v) is 3.15. The van der Waals surface area contributed by atoms with Crippen molar-refractivity contribution in [3.63, 3.8) is 0 Å². The molecule has 0 spiro atoms. The molecule has 0 aliphatic heterocycles. The molecule has 0 bridgehead atoms. The van der Waals surface area contributed by atoms with Gasteiger partial charge in [-0.1, -0.05) is 6.92 Å². The Morgan fingerprint density at radius 3 is 2.42 bits per heavy atom. The van der Waals surface area contributed by atoms with Gasteiger partial charge in [0, 0.05) is 19.0 Å². The normalized spacial score (nSPS) is 10.4. The van der Waals surface area contributed by atoms with Gasteiger partial charge in [0.05, 0.1) is 6.61 Å². The minimum absolute atomic E-state index is 0.0492. The van der Waals surface area contributed by atoms with Crippen LogP contribution in [0.15, 0.2) is 0 Å². The number of nitrogens with zero attached hydrogens (tertiary/aromatic N) is 1. The van der Waals surface area contributed by atoms with Crippen molar-refractivity contribution >= 4 is 5.91 Å². The van der Waals surface area contributed by atoms with Crippen LogP contribution >= 0.6 is 0 Å². The van der Waals surface area contributed by atoms with Gasteiger partial charge in [0.25, 0.3) is 0 Å². The van der Waals surface area contributed by atoms with Gasteiger partial charge in [-0.15, -0.1) is 0 Å². The van der Waals surface area contributed by atoms with Gasteiger partial charge in [-0.05, 0) is 20.3 Å². The monoisotopic (exact) mass is 173 g/mol. The Hall–Kier alpha value is -0.570. The van der Waals surface area contributed by atoms with E-state index < -0.39 is 0 Å². The number of amides is 1. The van der Waals surface area contributed by atoms with E-state index in [0.29, 0.717) is 13.0 Å². The molecule has 72 valence electrons. The lowest BCUT2D eigenvalue weighted by Gasteiger charge is -2.25. The van der Waals surface area contributed by atoms with Crippen molar-refractivity contribution in [1.82, 2.24) is 4.90 Å². The Balaban J connectivity index is 4.00. The van der Waals surface area contributed by atoms with E-state index in [0.717, 1.165) is 6.42 Å². The minimum Gasteiger partial charge on any atom is -0.395 e. The van der Waals surface area contributed by atoms with Gasteiger partial charge >= 0.3 is 0 Å². The Morgan fingerprint density at radius 2 is 2.08 bits per heavy atom. The lowest BCUT2D eigenvalue weighted by molar-refractivity contribution is -0.133. The molecular formula is C9H19NO2. The topological polar surface area (TPSA) is 40.5 Å². The maximum absolute atomic E-state index is 11.4. The fraction of sp³-hybridized carbons (Fsp3) is 0.889. The highest BCUT2D eigenvalue weighted by Crippen LogP contribution is 2.02. The first kappa shape index (κ1) is 11.4. The van der Waals surface area contributed by atoms with Crippen LogP contribution in [0.2, 0.25) is 0 Å². The van der Waals surface area contributed by atoms with Crippen LogP contribution in [-0.4, -0.2) is 35.1 Å². The summed E-state index contributed by atoms with van der Waals surface area (Å²) in [5.41, 5.74) is 0. The third kappa shape index (κ3) is 3.72. The third-order valence-corrected chi connectivity index (χ3v) is 1.75. The highest BCUT2D eigenvalue weighted by atomic mass is 16.3. The van der Waals surface area contributed by atoms with Crippen LogP contribution in [0.1, 0.15) is 33.6 Å². The van der Waals surface area contributed by atoms with Gasteiger partial charge in [0.15, 0.2) is 0 Å². The summed E-state index contributed by atoms with van der Waals surface area (Å²) in [6, 6.07) is 0.191. The Morgan fingerprint density at radius 1 is 1.50 bits per heavy atom. The summed E-state index contributed by atoms with van der Waals surface area (Å²) in [6.45, 7) is 6.41. The van der Waals surface area contributed by atoms with Crippen molar-refractivity contribution in [3.8, 4) is 0 Å². The molecule has 0 fully saturated rings. The van der Waals surface area contributed by atoms with E-state index in [2.05, 4.69) is 0 Å². The van der Waals surface area contributed by atoms with Crippen molar-refractivity contribution in [2.24, 2.45) is 0 Å². The number of hydrogen-bond acceptors (Lipinski definition) is 2. The van der Waals surface area contributed by atoms with Crippen LogP contribution in [-0.2, 0) is 4.79 Å². The maximum Gasteiger partial charge on any atom is 0.222 e. The SMILES string of the molecule is CCCC(=O)N(CCO)C(C)C. The van der Waals surface area contributed by atoms with Crippen molar-refractivity contribution < 1.29 is 9.90 Å². The van der Waals surface area contributed by atoms with Crippen molar-refractivity contribution in [2.45, 2.75) is 39.7 Å². The molecule has 0 atom stereocenters. The number of aliphatic hydroxyl groups is 1. The van der Waals surface area contributed by atoms with Crippen LogP contribution in [0.3, 0.4) is 0 Å². The first-order valence-electron chi connectivity index (χ1n) is 4.53. The molecule has 0 aromatic carbocycles. The molecule has 0 rings (SSSR count). The van der Waals surface area contributed by atoms with Crippen LogP contribution in [0.5, 0.6) is 0 Å². The maximum atomic E-state index is 11.4. The molecule has 1 amide bonds. The summed E-state index contributed by atoms with van der Waals surface area (Å²) in [7, 11) is 0. The first-order valence-corrected chi connectivity index (χ1v) is 4.53. The number of rotatable bonds is 5. The van der Waals surface area contributed by atoms with Gasteiger partial charge in [0.1, 0.15) is 0 Å². The van der Waals surface area contributed by atoms with Gasteiger partial charge in [-0.25, -0.2) is 0 Å². The lowest BCUT2D eigenvalue weighted by atomic mass is 10.2. The van der Waals surface area contributed by atoms with Crippen molar-refractivity contribution in [3.05, 3.63) is 0 Å². The molecule has 0 heterocycles.